The molecule has 0 radical (unpaired) electrons. The van der Waals surface area contributed by atoms with Gasteiger partial charge < -0.3 is 14.4 Å². The van der Waals surface area contributed by atoms with Crippen LogP contribution in [0.3, 0.4) is 0 Å². The first-order chi connectivity index (χ1) is 14.4. The molecule has 2 aromatic carbocycles. The highest BCUT2D eigenvalue weighted by atomic mass is 16.5. The van der Waals surface area contributed by atoms with Gasteiger partial charge in [0.15, 0.2) is 0 Å². The van der Waals surface area contributed by atoms with Crippen molar-refractivity contribution < 1.29 is 14.3 Å². The lowest BCUT2D eigenvalue weighted by molar-refractivity contribution is -0.131. The molecule has 0 saturated carbocycles. The largest absolute Gasteiger partial charge is 0.497 e. The molecule has 0 unspecified atom stereocenters. The van der Waals surface area contributed by atoms with Crippen molar-refractivity contribution in [3.05, 3.63) is 65.7 Å². The van der Waals surface area contributed by atoms with E-state index in [1.807, 2.05) is 23.1 Å². The van der Waals surface area contributed by atoms with Gasteiger partial charge in [0, 0.05) is 32.5 Å². The third-order valence-corrected chi connectivity index (χ3v) is 6.13. The summed E-state index contributed by atoms with van der Waals surface area (Å²) in [4.78, 5) is 14.5. The molecule has 30 heavy (non-hydrogen) atoms. The van der Waals surface area contributed by atoms with Gasteiger partial charge in [-0.15, -0.1) is 0 Å². The van der Waals surface area contributed by atoms with Crippen LogP contribution in [0.4, 0.5) is 0 Å². The zero-order chi connectivity index (χ0) is 21.6. The highest BCUT2D eigenvalue weighted by Gasteiger charge is 2.30. The van der Waals surface area contributed by atoms with E-state index in [4.69, 9.17) is 9.47 Å². The average molecular weight is 410 g/mol. The molecular formula is C26H35NO3. The van der Waals surface area contributed by atoms with Crippen LogP contribution in [0.25, 0.3) is 0 Å². The summed E-state index contributed by atoms with van der Waals surface area (Å²) in [5, 5.41) is 0. The van der Waals surface area contributed by atoms with Gasteiger partial charge in [0.25, 0.3) is 0 Å². The monoisotopic (exact) mass is 409 g/mol. The molecule has 1 amide bonds. The molecule has 0 N–H and O–H groups in total. The fraction of sp³-hybridized carbons (Fsp3) is 0.500. The Morgan fingerprint density at radius 3 is 2.40 bits per heavy atom. The minimum absolute atomic E-state index is 0.0962. The maximum atomic E-state index is 12.4. The quantitative estimate of drug-likeness (QED) is 0.596. The van der Waals surface area contributed by atoms with Crippen LogP contribution in [0.1, 0.15) is 57.1 Å². The van der Waals surface area contributed by atoms with Crippen molar-refractivity contribution in [2.45, 2.75) is 51.6 Å². The van der Waals surface area contributed by atoms with Crippen molar-refractivity contribution >= 4 is 5.91 Å². The molecule has 162 valence electrons. The first-order valence-electron chi connectivity index (χ1n) is 11.0. The Bertz CT molecular complexity index is 801. The molecule has 1 fully saturated rings. The lowest BCUT2D eigenvalue weighted by Gasteiger charge is -2.38. The first-order valence-corrected chi connectivity index (χ1v) is 11.0. The molecule has 0 spiro atoms. The molecule has 1 aliphatic heterocycles. The third kappa shape index (κ3) is 6.09. The molecule has 4 heteroatoms. The van der Waals surface area contributed by atoms with E-state index in [0.29, 0.717) is 5.92 Å². The summed E-state index contributed by atoms with van der Waals surface area (Å²) in [6.07, 6.45) is 2.91. The van der Waals surface area contributed by atoms with Crippen molar-refractivity contribution in [2.75, 3.05) is 26.8 Å². The predicted molar refractivity (Wildman–Crippen MR) is 121 cm³/mol. The molecule has 1 aliphatic rings. The summed E-state index contributed by atoms with van der Waals surface area (Å²) in [5.74, 6) is 1.75. The zero-order valence-corrected chi connectivity index (χ0v) is 18.8. The van der Waals surface area contributed by atoms with E-state index in [2.05, 4.69) is 50.2 Å². The molecular weight excluding hydrogens is 374 g/mol. The second kappa shape index (κ2) is 10.1. The molecule has 0 bridgehead atoms. The SMILES string of the molecule is COc1ccc([C@@H](CCN(C[C@H]2CCOC(C)(C)C2)C(C)=O)c2ccccc2)cc1. The summed E-state index contributed by atoms with van der Waals surface area (Å²) >= 11 is 0. The van der Waals surface area contributed by atoms with Crippen LogP contribution in [0.2, 0.25) is 0 Å². The summed E-state index contributed by atoms with van der Waals surface area (Å²) in [6.45, 7) is 8.32. The Hall–Kier alpha value is -2.33. The summed E-state index contributed by atoms with van der Waals surface area (Å²) in [7, 11) is 1.69. The van der Waals surface area contributed by atoms with E-state index >= 15 is 0 Å². The van der Waals surface area contributed by atoms with Gasteiger partial charge in [-0.05, 0) is 62.3 Å². The van der Waals surface area contributed by atoms with Crippen LogP contribution < -0.4 is 4.74 Å². The van der Waals surface area contributed by atoms with Crippen molar-refractivity contribution in [3.8, 4) is 5.75 Å². The molecule has 1 saturated heterocycles. The van der Waals surface area contributed by atoms with Crippen molar-refractivity contribution in [1.29, 1.82) is 0 Å². The number of carbonyl (C=O) groups is 1. The lowest BCUT2D eigenvalue weighted by Crippen LogP contribution is -2.41. The van der Waals surface area contributed by atoms with Gasteiger partial charge in [-0.2, -0.15) is 0 Å². The summed E-state index contributed by atoms with van der Waals surface area (Å²) < 4.78 is 11.2. The Morgan fingerprint density at radius 2 is 1.80 bits per heavy atom. The van der Waals surface area contributed by atoms with E-state index in [-0.39, 0.29) is 17.4 Å². The van der Waals surface area contributed by atoms with Crippen LogP contribution in [0.15, 0.2) is 54.6 Å². The Balaban J connectivity index is 1.73. The number of amides is 1. The number of carbonyl (C=O) groups excluding carboxylic acids is 1. The fourth-order valence-corrected chi connectivity index (χ4v) is 4.54. The minimum atomic E-state index is -0.0962. The van der Waals surface area contributed by atoms with E-state index < -0.39 is 0 Å². The van der Waals surface area contributed by atoms with Crippen molar-refractivity contribution in [3.63, 3.8) is 0 Å². The molecule has 4 nitrogen and oxygen atoms in total. The highest BCUT2D eigenvalue weighted by molar-refractivity contribution is 5.73. The van der Waals surface area contributed by atoms with Gasteiger partial charge in [-0.1, -0.05) is 42.5 Å². The predicted octanol–water partition coefficient (Wildman–Crippen LogP) is 5.27. The summed E-state index contributed by atoms with van der Waals surface area (Å²) in [5.41, 5.74) is 2.43. The molecule has 0 aliphatic carbocycles. The molecule has 1 heterocycles. The molecule has 0 aromatic heterocycles. The highest BCUT2D eigenvalue weighted by Crippen LogP contribution is 2.31. The third-order valence-electron chi connectivity index (χ3n) is 6.13. The number of methoxy groups -OCH3 is 1. The van der Waals surface area contributed by atoms with Gasteiger partial charge >= 0.3 is 0 Å². The fourth-order valence-electron chi connectivity index (χ4n) is 4.54. The normalized spacial score (nSPS) is 19.1. The van der Waals surface area contributed by atoms with Gasteiger partial charge in [0.1, 0.15) is 5.75 Å². The molecule has 2 atom stereocenters. The van der Waals surface area contributed by atoms with Crippen molar-refractivity contribution in [2.24, 2.45) is 5.92 Å². The smallest absolute Gasteiger partial charge is 0.219 e. The first kappa shape index (κ1) is 22.4. The number of hydrogen-bond acceptors (Lipinski definition) is 3. The second-order valence-corrected chi connectivity index (χ2v) is 8.96. The van der Waals surface area contributed by atoms with E-state index in [1.54, 1.807) is 14.0 Å². The number of nitrogens with zero attached hydrogens (tertiary/aromatic N) is 1. The summed E-state index contributed by atoms with van der Waals surface area (Å²) in [6, 6.07) is 18.9. The Morgan fingerprint density at radius 1 is 1.13 bits per heavy atom. The van der Waals surface area contributed by atoms with E-state index in [0.717, 1.165) is 44.7 Å². The van der Waals surface area contributed by atoms with Crippen LogP contribution in [-0.2, 0) is 9.53 Å². The zero-order valence-electron chi connectivity index (χ0n) is 18.8. The number of rotatable bonds is 8. The molecule has 2 aromatic rings. The number of hydrogen-bond donors (Lipinski definition) is 0. The second-order valence-electron chi connectivity index (χ2n) is 8.96. The van der Waals surface area contributed by atoms with E-state index in [9.17, 15) is 4.79 Å². The Labute approximate surface area is 181 Å². The maximum Gasteiger partial charge on any atom is 0.219 e. The van der Waals surface area contributed by atoms with Gasteiger partial charge in [-0.3, -0.25) is 4.79 Å². The van der Waals surface area contributed by atoms with Crippen LogP contribution in [0, 0.1) is 5.92 Å². The average Bonchev–Trinajstić information content (AvgIpc) is 2.73. The standard InChI is InChI=1S/C26H35NO3/c1-20(28)27(19-21-15-17-30-26(2,3)18-21)16-14-25(22-8-6-5-7-9-22)23-10-12-24(29-4)13-11-23/h5-13,21,25H,14-19H2,1-4H3/t21-,25-/m0/s1. The number of ether oxygens (including phenoxy) is 2. The van der Waals surface area contributed by atoms with Crippen LogP contribution in [-0.4, -0.2) is 43.2 Å². The van der Waals surface area contributed by atoms with Gasteiger partial charge in [0.2, 0.25) is 5.91 Å². The van der Waals surface area contributed by atoms with E-state index in [1.165, 1.54) is 11.1 Å². The van der Waals surface area contributed by atoms with Crippen LogP contribution in [0.5, 0.6) is 5.75 Å². The topological polar surface area (TPSA) is 38.8 Å². The van der Waals surface area contributed by atoms with Gasteiger partial charge in [0.05, 0.1) is 12.7 Å². The molecule has 3 rings (SSSR count). The minimum Gasteiger partial charge on any atom is -0.497 e. The maximum absolute atomic E-state index is 12.4. The lowest BCUT2D eigenvalue weighted by atomic mass is 9.87. The van der Waals surface area contributed by atoms with Gasteiger partial charge in [-0.25, -0.2) is 0 Å². The Kier molecular flexibility index (Phi) is 7.54. The van der Waals surface area contributed by atoms with Crippen LogP contribution >= 0.6 is 0 Å². The number of benzene rings is 2. The van der Waals surface area contributed by atoms with Crippen molar-refractivity contribution in [1.82, 2.24) is 4.90 Å².